The van der Waals surface area contributed by atoms with Gasteiger partial charge in [0, 0.05) is 6.04 Å². The van der Waals surface area contributed by atoms with Crippen LogP contribution in [0.5, 0.6) is 0 Å². The maximum Gasteiger partial charge on any atom is 0.404 e. The second kappa shape index (κ2) is 6.57. The molecule has 4 nitrogen and oxygen atoms in total. The van der Waals surface area contributed by atoms with Crippen molar-refractivity contribution in [1.82, 2.24) is 5.32 Å². The van der Waals surface area contributed by atoms with Crippen molar-refractivity contribution < 1.29 is 14.6 Å². The van der Waals surface area contributed by atoms with Crippen LogP contribution in [0.1, 0.15) is 30.4 Å². The Hall–Kier alpha value is -1.55. The first-order valence-corrected chi connectivity index (χ1v) is 6.80. The highest BCUT2D eigenvalue weighted by Gasteiger charge is 2.26. The van der Waals surface area contributed by atoms with Crippen LogP contribution in [0.25, 0.3) is 0 Å². The molecule has 104 valence electrons. The third-order valence-electron chi connectivity index (χ3n) is 3.58. The van der Waals surface area contributed by atoms with Crippen LogP contribution in [-0.2, 0) is 11.2 Å². The van der Waals surface area contributed by atoms with E-state index in [2.05, 4.69) is 36.5 Å². The van der Waals surface area contributed by atoms with Gasteiger partial charge in [-0.15, -0.1) is 0 Å². The molecule has 0 aromatic heterocycles. The molecule has 4 heteroatoms. The van der Waals surface area contributed by atoms with E-state index < -0.39 is 6.09 Å². The van der Waals surface area contributed by atoms with Crippen molar-refractivity contribution in [1.29, 1.82) is 0 Å². The average Bonchev–Trinajstić information content (AvgIpc) is 2.78. The van der Waals surface area contributed by atoms with E-state index in [-0.39, 0.29) is 12.1 Å². The quantitative estimate of drug-likeness (QED) is 0.858. The molecule has 0 unspecified atom stereocenters. The Balaban J connectivity index is 1.66. The third-order valence-corrected chi connectivity index (χ3v) is 3.58. The Morgan fingerprint density at radius 3 is 2.79 bits per heavy atom. The summed E-state index contributed by atoms with van der Waals surface area (Å²) in [6.07, 6.45) is 2.78. The van der Waals surface area contributed by atoms with Crippen LogP contribution in [0.2, 0.25) is 0 Å². The summed E-state index contributed by atoms with van der Waals surface area (Å²) in [6, 6.07) is 8.53. The van der Waals surface area contributed by atoms with Gasteiger partial charge in [-0.25, -0.2) is 4.79 Å². The maximum atomic E-state index is 10.5. The number of hydrogen-bond acceptors (Lipinski definition) is 2. The highest BCUT2D eigenvalue weighted by atomic mass is 16.5. The lowest BCUT2D eigenvalue weighted by atomic mass is 10.1. The average molecular weight is 263 g/mol. The number of benzene rings is 1. The molecule has 0 saturated heterocycles. The highest BCUT2D eigenvalue weighted by molar-refractivity contribution is 5.64. The number of rotatable bonds is 5. The van der Waals surface area contributed by atoms with E-state index in [4.69, 9.17) is 9.84 Å². The molecule has 1 aromatic carbocycles. The Labute approximate surface area is 113 Å². The normalized spacial score (nSPS) is 22.4. The standard InChI is InChI=1S/C15H21NO3/c1-11-2-4-12(5-3-11)8-9-19-14-7-6-13(10-14)16-15(17)18/h2-5,13-14,16H,6-10H2,1H3,(H,17,18)/t13-,14-/m1/s1. The molecule has 2 rings (SSSR count). The SMILES string of the molecule is Cc1ccc(CCO[C@@H]2CC[C@@H](NC(=O)O)C2)cc1. The number of amides is 1. The van der Waals surface area contributed by atoms with Gasteiger partial charge in [0.15, 0.2) is 0 Å². The summed E-state index contributed by atoms with van der Waals surface area (Å²) >= 11 is 0. The number of ether oxygens (including phenoxy) is 1. The first kappa shape index (κ1) is 13.9. The fraction of sp³-hybridized carbons (Fsp3) is 0.533. The minimum Gasteiger partial charge on any atom is -0.465 e. The molecule has 1 saturated carbocycles. The first-order chi connectivity index (χ1) is 9.13. The van der Waals surface area contributed by atoms with Crippen LogP contribution in [-0.4, -0.2) is 30.0 Å². The second-order valence-electron chi connectivity index (χ2n) is 5.19. The molecule has 0 spiro atoms. The summed E-state index contributed by atoms with van der Waals surface area (Å²) in [7, 11) is 0. The van der Waals surface area contributed by atoms with Gasteiger partial charge >= 0.3 is 6.09 Å². The molecular weight excluding hydrogens is 242 g/mol. The zero-order chi connectivity index (χ0) is 13.7. The lowest BCUT2D eigenvalue weighted by Crippen LogP contribution is -2.31. The summed E-state index contributed by atoms with van der Waals surface area (Å²) in [5.74, 6) is 0. The van der Waals surface area contributed by atoms with Gasteiger partial charge in [0.1, 0.15) is 0 Å². The van der Waals surface area contributed by atoms with Crippen molar-refractivity contribution in [3.8, 4) is 0 Å². The minimum absolute atomic E-state index is 0.0573. The van der Waals surface area contributed by atoms with Crippen molar-refractivity contribution in [3.05, 3.63) is 35.4 Å². The van der Waals surface area contributed by atoms with Gasteiger partial charge in [-0.3, -0.25) is 0 Å². The first-order valence-electron chi connectivity index (χ1n) is 6.80. The van der Waals surface area contributed by atoms with Crippen LogP contribution in [0.4, 0.5) is 4.79 Å². The fourth-order valence-corrected chi connectivity index (χ4v) is 2.50. The zero-order valence-electron chi connectivity index (χ0n) is 11.3. The zero-order valence-corrected chi connectivity index (χ0v) is 11.3. The third kappa shape index (κ3) is 4.56. The topological polar surface area (TPSA) is 58.6 Å². The van der Waals surface area contributed by atoms with E-state index in [1.54, 1.807) is 0 Å². The van der Waals surface area contributed by atoms with Gasteiger partial charge in [0.25, 0.3) is 0 Å². The van der Waals surface area contributed by atoms with E-state index in [9.17, 15) is 4.79 Å². The molecule has 1 amide bonds. The van der Waals surface area contributed by atoms with Gasteiger partial charge in [-0.05, 0) is 38.2 Å². The molecule has 1 aliphatic rings. The van der Waals surface area contributed by atoms with Gasteiger partial charge < -0.3 is 15.2 Å². The van der Waals surface area contributed by atoms with E-state index in [0.717, 1.165) is 25.7 Å². The monoisotopic (exact) mass is 263 g/mol. The Morgan fingerprint density at radius 2 is 2.11 bits per heavy atom. The largest absolute Gasteiger partial charge is 0.465 e. The molecule has 0 radical (unpaired) electrons. The lowest BCUT2D eigenvalue weighted by molar-refractivity contribution is 0.0590. The summed E-state index contributed by atoms with van der Waals surface area (Å²) in [5, 5.41) is 11.2. The number of carbonyl (C=O) groups is 1. The van der Waals surface area contributed by atoms with Crippen molar-refractivity contribution in [2.45, 2.75) is 44.8 Å². The molecular formula is C15H21NO3. The highest BCUT2D eigenvalue weighted by Crippen LogP contribution is 2.22. The molecule has 19 heavy (non-hydrogen) atoms. The minimum atomic E-state index is -0.940. The van der Waals surface area contributed by atoms with E-state index in [1.165, 1.54) is 11.1 Å². The van der Waals surface area contributed by atoms with Crippen LogP contribution < -0.4 is 5.32 Å². The van der Waals surface area contributed by atoms with E-state index in [0.29, 0.717) is 6.61 Å². The van der Waals surface area contributed by atoms with Crippen molar-refractivity contribution in [2.24, 2.45) is 0 Å². The molecule has 1 aliphatic carbocycles. The van der Waals surface area contributed by atoms with Gasteiger partial charge in [0.2, 0.25) is 0 Å². The summed E-state index contributed by atoms with van der Waals surface area (Å²) in [6.45, 7) is 2.78. The van der Waals surface area contributed by atoms with Crippen molar-refractivity contribution in [2.75, 3.05) is 6.61 Å². The number of nitrogens with one attached hydrogen (secondary N) is 1. The Bertz CT molecular complexity index is 416. The van der Waals surface area contributed by atoms with Crippen molar-refractivity contribution in [3.63, 3.8) is 0 Å². The molecule has 0 heterocycles. The number of carboxylic acid groups (broad SMARTS) is 1. The van der Waals surface area contributed by atoms with Crippen molar-refractivity contribution >= 4 is 6.09 Å². The van der Waals surface area contributed by atoms with Gasteiger partial charge in [-0.1, -0.05) is 29.8 Å². The molecule has 0 aliphatic heterocycles. The number of hydrogen-bond donors (Lipinski definition) is 2. The summed E-state index contributed by atoms with van der Waals surface area (Å²) in [4.78, 5) is 10.5. The molecule has 1 fully saturated rings. The Morgan fingerprint density at radius 1 is 1.37 bits per heavy atom. The predicted octanol–water partition coefficient (Wildman–Crippen LogP) is 2.74. The summed E-state index contributed by atoms with van der Waals surface area (Å²) in [5.41, 5.74) is 2.55. The number of aryl methyl sites for hydroxylation is 1. The molecule has 2 atom stereocenters. The lowest BCUT2D eigenvalue weighted by Gasteiger charge is -2.12. The van der Waals surface area contributed by atoms with Crippen LogP contribution in [0, 0.1) is 6.92 Å². The van der Waals surface area contributed by atoms with Crippen LogP contribution in [0.3, 0.4) is 0 Å². The molecule has 2 N–H and O–H groups in total. The van der Waals surface area contributed by atoms with Gasteiger partial charge in [0.05, 0.1) is 12.7 Å². The second-order valence-corrected chi connectivity index (χ2v) is 5.19. The van der Waals surface area contributed by atoms with Crippen LogP contribution >= 0.6 is 0 Å². The van der Waals surface area contributed by atoms with Crippen LogP contribution in [0.15, 0.2) is 24.3 Å². The van der Waals surface area contributed by atoms with E-state index >= 15 is 0 Å². The molecule has 0 bridgehead atoms. The predicted molar refractivity (Wildman–Crippen MR) is 73.4 cm³/mol. The van der Waals surface area contributed by atoms with E-state index in [1.807, 2.05) is 0 Å². The maximum absolute atomic E-state index is 10.5. The summed E-state index contributed by atoms with van der Waals surface area (Å²) < 4.78 is 5.82. The smallest absolute Gasteiger partial charge is 0.404 e. The fourth-order valence-electron chi connectivity index (χ4n) is 2.50. The molecule has 1 aromatic rings. The van der Waals surface area contributed by atoms with Gasteiger partial charge in [-0.2, -0.15) is 0 Å². The Kier molecular flexibility index (Phi) is 4.80.